The van der Waals surface area contributed by atoms with Gasteiger partial charge in [-0.1, -0.05) is 84.0 Å². The van der Waals surface area contributed by atoms with Crippen LogP contribution in [0.5, 0.6) is 0 Å². The largest absolute Gasteiger partial charge is 0.382 e. The summed E-state index contributed by atoms with van der Waals surface area (Å²) in [6.07, 6.45) is 20.3. The lowest BCUT2D eigenvalue weighted by molar-refractivity contribution is 0.538. The van der Waals surface area contributed by atoms with Crippen LogP contribution in [0.15, 0.2) is 6.33 Å². The topological polar surface area (TPSA) is 80.5 Å². The number of hydrogen-bond donors (Lipinski definition) is 2. The van der Waals surface area contributed by atoms with E-state index in [1.807, 2.05) is 0 Å². The van der Waals surface area contributed by atoms with Crippen LogP contribution in [-0.2, 0) is 6.42 Å². The normalized spacial score (nSPS) is 11.4. The Hall–Kier alpha value is -1.65. The first-order chi connectivity index (χ1) is 12.3. The lowest BCUT2D eigenvalue weighted by Crippen LogP contribution is -1.92. The highest BCUT2D eigenvalue weighted by molar-refractivity contribution is 5.80. The number of aromatic nitrogens is 4. The number of nitrogens with zero attached hydrogens (tertiary/aromatic N) is 3. The van der Waals surface area contributed by atoms with E-state index in [1.54, 1.807) is 0 Å². The zero-order valence-corrected chi connectivity index (χ0v) is 15.9. The standard InChI is InChI=1S/C20H35N5/c1-2-3-4-5-6-7-8-9-10-11-12-13-14-15-17-24-18-19(21)22-16-23-20(18)25-17/h16H,2-15H2,1H3,(H3,21,22,23,24,25). The third kappa shape index (κ3) is 7.41. The summed E-state index contributed by atoms with van der Waals surface area (Å²) in [5, 5.41) is 0. The molecule has 3 N–H and O–H groups in total. The minimum atomic E-state index is 0.481. The number of hydrogen-bond acceptors (Lipinski definition) is 4. The molecule has 0 radical (unpaired) electrons. The van der Waals surface area contributed by atoms with Crippen LogP contribution in [0.4, 0.5) is 5.82 Å². The van der Waals surface area contributed by atoms with Gasteiger partial charge in [-0.05, 0) is 6.42 Å². The third-order valence-electron chi connectivity index (χ3n) is 4.88. The Labute approximate surface area is 152 Å². The van der Waals surface area contributed by atoms with Gasteiger partial charge in [0.1, 0.15) is 17.7 Å². The molecule has 2 aromatic rings. The first kappa shape index (κ1) is 19.7. The van der Waals surface area contributed by atoms with Gasteiger partial charge in [-0.2, -0.15) is 0 Å². The van der Waals surface area contributed by atoms with Gasteiger partial charge in [-0.15, -0.1) is 0 Å². The van der Waals surface area contributed by atoms with E-state index >= 15 is 0 Å². The molecule has 0 aliphatic carbocycles. The molecule has 2 aromatic heterocycles. The highest BCUT2D eigenvalue weighted by Gasteiger charge is 2.06. The Morgan fingerprint density at radius 3 is 1.92 bits per heavy atom. The molecule has 0 unspecified atom stereocenters. The maximum Gasteiger partial charge on any atom is 0.183 e. The van der Waals surface area contributed by atoms with Crippen LogP contribution in [0, 0.1) is 0 Å². The van der Waals surface area contributed by atoms with Gasteiger partial charge in [0.2, 0.25) is 0 Å². The predicted molar refractivity (Wildman–Crippen MR) is 105 cm³/mol. The van der Waals surface area contributed by atoms with Crippen molar-refractivity contribution >= 4 is 17.0 Å². The van der Waals surface area contributed by atoms with Gasteiger partial charge in [0.05, 0.1) is 0 Å². The van der Waals surface area contributed by atoms with E-state index in [4.69, 9.17) is 5.73 Å². The summed E-state index contributed by atoms with van der Waals surface area (Å²) in [4.78, 5) is 15.9. The molecule has 0 atom stereocenters. The van der Waals surface area contributed by atoms with Crippen molar-refractivity contribution in [1.82, 2.24) is 19.9 Å². The summed E-state index contributed by atoms with van der Waals surface area (Å²) >= 11 is 0. The Bertz CT molecular complexity index is 593. The van der Waals surface area contributed by atoms with Gasteiger partial charge < -0.3 is 10.7 Å². The molecule has 0 bridgehead atoms. The van der Waals surface area contributed by atoms with Crippen molar-refractivity contribution in [2.45, 2.75) is 96.8 Å². The van der Waals surface area contributed by atoms with Crippen LogP contribution in [0.2, 0.25) is 0 Å². The van der Waals surface area contributed by atoms with Crippen molar-refractivity contribution in [3.63, 3.8) is 0 Å². The summed E-state index contributed by atoms with van der Waals surface area (Å²) in [5.74, 6) is 1.46. The maximum absolute atomic E-state index is 5.82. The molecular formula is C20H35N5. The van der Waals surface area contributed by atoms with Gasteiger partial charge in [0.15, 0.2) is 11.5 Å². The van der Waals surface area contributed by atoms with E-state index in [-0.39, 0.29) is 0 Å². The second-order valence-electron chi connectivity index (χ2n) is 7.13. The van der Waals surface area contributed by atoms with E-state index in [2.05, 4.69) is 26.9 Å². The predicted octanol–water partition coefficient (Wildman–Crippen LogP) is 5.57. The van der Waals surface area contributed by atoms with Gasteiger partial charge in [0.25, 0.3) is 0 Å². The molecule has 0 amide bonds. The number of H-pyrrole nitrogens is 1. The number of aryl methyl sites for hydroxylation is 1. The lowest BCUT2D eigenvalue weighted by Gasteiger charge is -2.02. The van der Waals surface area contributed by atoms with Crippen LogP contribution < -0.4 is 5.73 Å². The van der Waals surface area contributed by atoms with E-state index in [0.29, 0.717) is 11.5 Å². The molecule has 140 valence electrons. The Morgan fingerprint density at radius 1 is 0.800 bits per heavy atom. The van der Waals surface area contributed by atoms with E-state index in [9.17, 15) is 0 Å². The van der Waals surface area contributed by atoms with Crippen LogP contribution >= 0.6 is 0 Å². The number of unbranched alkanes of at least 4 members (excludes halogenated alkanes) is 12. The summed E-state index contributed by atoms with van der Waals surface area (Å²) in [7, 11) is 0. The van der Waals surface area contributed by atoms with Crippen LogP contribution in [0.3, 0.4) is 0 Å². The smallest absolute Gasteiger partial charge is 0.183 e. The maximum atomic E-state index is 5.82. The zero-order valence-electron chi connectivity index (χ0n) is 15.9. The van der Waals surface area contributed by atoms with Crippen LogP contribution in [0.25, 0.3) is 11.2 Å². The average Bonchev–Trinajstić information content (AvgIpc) is 3.03. The molecule has 0 saturated heterocycles. The second-order valence-corrected chi connectivity index (χ2v) is 7.13. The molecule has 0 fully saturated rings. The van der Waals surface area contributed by atoms with Crippen molar-refractivity contribution < 1.29 is 0 Å². The fourth-order valence-electron chi connectivity index (χ4n) is 3.32. The summed E-state index contributed by atoms with van der Waals surface area (Å²) in [5.41, 5.74) is 7.27. The van der Waals surface area contributed by atoms with Crippen LogP contribution in [-0.4, -0.2) is 19.9 Å². The number of aromatic amines is 1. The summed E-state index contributed by atoms with van der Waals surface area (Å²) in [6, 6.07) is 0. The summed E-state index contributed by atoms with van der Waals surface area (Å²) < 4.78 is 0. The second kappa shape index (κ2) is 11.8. The SMILES string of the molecule is CCCCCCCCCCCCCCCc1nc2ncnc(N)c2[nH]1. The van der Waals surface area contributed by atoms with Crippen molar-refractivity contribution in [3.05, 3.63) is 12.2 Å². The number of anilines is 1. The molecule has 2 rings (SSSR count). The fourth-order valence-corrected chi connectivity index (χ4v) is 3.32. The Balaban J connectivity index is 1.44. The van der Waals surface area contributed by atoms with Crippen molar-refractivity contribution in [1.29, 1.82) is 0 Å². The van der Waals surface area contributed by atoms with E-state index in [0.717, 1.165) is 17.8 Å². The van der Waals surface area contributed by atoms with Gasteiger partial charge in [0, 0.05) is 6.42 Å². The minimum absolute atomic E-state index is 0.481. The van der Waals surface area contributed by atoms with E-state index in [1.165, 1.54) is 89.8 Å². The molecule has 0 spiro atoms. The summed E-state index contributed by atoms with van der Waals surface area (Å²) in [6.45, 7) is 2.28. The monoisotopic (exact) mass is 345 g/mol. The quantitative estimate of drug-likeness (QED) is 0.439. The first-order valence-corrected chi connectivity index (χ1v) is 10.3. The van der Waals surface area contributed by atoms with Gasteiger partial charge in [-0.25, -0.2) is 15.0 Å². The molecule has 5 heteroatoms. The molecule has 5 nitrogen and oxygen atoms in total. The Kier molecular flexibility index (Phi) is 9.31. The molecule has 2 heterocycles. The fraction of sp³-hybridized carbons (Fsp3) is 0.750. The van der Waals surface area contributed by atoms with Crippen molar-refractivity contribution in [3.8, 4) is 0 Å². The van der Waals surface area contributed by atoms with Crippen molar-refractivity contribution in [2.75, 3.05) is 5.73 Å². The Morgan fingerprint density at radius 2 is 1.36 bits per heavy atom. The average molecular weight is 346 g/mol. The first-order valence-electron chi connectivity index (χ1n) is 10.3. The van der Waals surface area contributed by atoms with Gasteiger partial charge in [-0.3, -0.25) is 0 Å². The number of nitrogens with two attached hydrogens (primary N) is 1. The lowest BCUT2D eigenvalue weighted by atomic mass is 10.0. The molecule has 0 aromatic carbocycles. The van der Waals surface area contributed by atoms with Crippen molar-refractivity contribution in [2.24, 2.45) is 0 Å². The van der Waals surface area contributed by atoms with E-state index < -0.39 is 0 Å². The third-order valence-corrected chi connectivity index (χ3v) is 4.88. The molecular weight excluding hydrogens is 310 g/mol. The number of rotatable bonds is 14. The highest BCUT2D eigenvalue weighted by atomic mass is 15.0. The van der Waals surface area contributed by atoms with Gasteiger partial charge >= 0.3 is 0 Å². The highest BCUT2D eigenvalue weighted by Crippen LogP contribution is 2.16. The molecule has 0 aliphatic heterocycles. The zero-order chi connectivity index (χ0) is 17.7. The number of fused-ring (bicyclic) bond motifs is 1. The number of nitrogen functional groups attached to an aromatic ring is 1. The number of imidazole rings is 1. The minimum Gasteiger partial charge on any atom is -0.382 e. The van der Waals surface area contributed by atoms with Crippen LogP contribution in [0.1, 0.15) is 96.2 Å². The molecule has 0 aliphatic rings. The number of nitrogens with one attached hydrogen (secondary N) is 1. The molecule has 0 saturated carbocycles. The molecule has 25 heavy (non-hydrogen) atoms.